The summed E-state index contributed by atoms with van der Waals surface area (Å²) in [6, 6.07) is 19.9. The van der Waals surface area contributed by atoms with Gasteiger partial charge in [0.25, 0.3) is 0 Å². The van der Waals surface area contributed by atoms with Crippen LogP contribution in [0, 0.1) is 0 Å². The van der Waals surface area contributed by atoms with E-state index in [0.29, 0.717) is 33.7 Å². The fourth-order valence-electron chi connectivity index (χ4n) is 2.75. The fourth-order valence-corrected chi connectivity index (χ4v) is 3.08. The number of carbonyl (C=O) groups excluding carboxylic acids is 1. The van der Waals surface area contributed by atoms with Gasteiger partial charge in [0.2, 0.25) is 5.78 Å². The van der Waals surface area contributed by atoms with Crippen molar-refractivity contribution < 1.29 is 14.3 Å². The quantitative estimate of drug-likeness (QED) is 0.493. The molecule has 0 radical (unpaired) electrons. The number of benzene rings is 3. The van der Waals surface area contributed by atoms with E-state index < -0.39 is 0 Å². The zero-order chi connectivity index (χ0) is 18.8. The smallest absolute Gasteiger partial charge is 0.231 e. The average Bonchev–Trinajstić information content (AvgIpc) is 2.96. The lowest BCUT2D eigenvalue weighted by atomic mass is 10.1. The Hall–Kier alpha value is -2.75. The third-order valence-corrected chi connectivity index (χ3v) is 4.59. The van der Waals surface area contributed by atoms with Gasteiger partial charge in [0, 0.05) is 16.1 Å². The van der Waals surface area contributed by atoms with Crippen LogP contribution in [-0.4, -0.2) is 5.78 Å². The molecule has 27 heavy (non-hydrogen) atoms. The molecule has 134 valence electrons. The molecule has 0 saturated carbocycles. The van der Waals surface area contributed by atoms with Crippen molar-refractivity contribution in [2.24, 2.45) is 0 Å². The Morgan fingerprint density at radius 1 is 0.926 bits per heavy atom. The number of halogens is 2. The van der Waals surface area contributed by atoms with Gasteiger partial charge in [0.1, 0.15) is 18.1 Å². The number of ketones is 1. The molecule has 5 heteroatoms. The van der Waals surface area contributed by atoms with Crippen molar-refractivity contribution >= 4 is 35.1 Å². The molecule has 1 aliphatic rings. The molecule has 0 amide bonds. The average molecular weight is 397 g/mol. The highest BCUT2D eigenvalue weighted by molar-refractivity contribution is 6.31. The van der Waals surface area contributed by atoms with E-state index >= 15 is 0 Å². The van der Waals surface area contributed by atoms with E-state index in [2.05, 4.69) is 0 Å². The Morgan fingerprint density at radius 2 is 1.74 bits per heavy atom. The molecule has 3 aromatic rings. The van der Waals surface area contributed by atoms with Crippen molar-refractivity contribution in [1.29, 1.82) is 0 Å². The summed E-state index contributed by atoms with van der Waals surface area (Å²) in [7, 11) is 0. The maximum Gasteiger partial charge on any atom is 0.231 e. The normalized spacial score (nSPS) is 14.1. The first-order chi connectivity index (χ1) is 13.1. The van der Waals surface area contributed by atoms with Gasteiger partial charge in [0.15, 0.2) is 5.76 Å². The maximum atomic E-state index is 12.5. The molecule has 0 aromatic heterocycles. The van der Waals surface area contributed by atoms with Crippen molar-refractivity contribution in [3.8, 4) is 11.5 Å². The SMILES string of the molecule is O=C1C(=Cc2cccc(Cl)c2)Oc2cc(OCc3ccc(Cl)cc3)ccc21. The van der Waals surface area contributed by atoms with Gasteiger partial charge in [-0.05, 0) is 53.6 Å². The number of fused-ring (bicyclic) bond motifs is 1. The van der Waals surface area contributed by atoms with E-state index in [4.69, 9.17) is 32.7 Å². The maximum absolute atomic E-state index is 12.5. The number of ether oxygens (including phenoxy) is 2. The molecule has 0 fully saturated rings. The second kappa shape index (κ2) is 7.47. The van der Waals surface area contributed by atoms with Gasteiger partial charge >= 0.3 is 0 Å². The van der Waals surface area contributed by atoms with Crippen LogP contribution in [0.4, 0.5) is 0 Å². The Kier molecular flexibility index (Phi) is 4.88. The molecule has 3 aromatic carbocycles. The number of allylic oxidation sites excluding steroid dienone is 1. The van der Waals surface area contributed by atoms with Crippen LogP contribution in [0.5, 0.6) is 11.5 Å². The Bertz CT molecular complexity index is 1040. The minimum Gasteiger partial charge on any atom is -0.489 e. The lowest BCUT2D eigenvalue weighted by molar-refractivity contribution is 0.101. The molecule has 0 N–H and O–H groups in total. The van der Waals surface area contributed by atoms with Crippen LogP contribution in [0.25, 0.3) is 6.08 Å². The molecule has 0 bridgehead atoms. The highest BCUT2D eigenvalue weighted by atomic mass is 35.5. The zero-order valence-corrected chi connectivity index (χ0v) is 15.6. The molecule has 0 spiro atoms. The van der Waals surface area contributed by atoms with Crippen LogP contribution >= 0.6 is 23.2 Å². The lowest BCUT2D eigenvalue weighted by Crippen LogP contribution is -1.98. The van der Waals surface area contributed by atoms with Crippen molar-refractivity contribution in [2.75, 3.05) is 0 Å². The van der Waals surface area contributed by atoms with E-state index in [-0.39, 0.29) is 11.5 Å². The monoisotopic (exact) mass is 396 g/mol. The van der Waals surface area contributed by atoms with E-state index in [1.54, 1.807) is 36.4 Å². The minimum absolute atomic E-state index is 0.158. The van der Waals surface area contributed by atoms with E-state index in [9.17, 15) is 4.79 Å². The predicted octanol–water partition coefficient (Wildman–Crippen LogP) is 6.19. The standard InChI is InChI=1S/C22H14Cl2O3/c23-16-6-4-14(5-7-16)13-26-18-8-9-19-20(12-18)27-21(22(19)25)11-15-2-1-3-17(24)10-15/h1-12H,13H2. The van der Waals surface area contributed by atoms with Gasteiger partial charge in [-0.25, -0.2) is 0 Å². The third kappa shape index (κ3) is 4.00. The second-order valence-electron chi connectivity index (χ2n) is 6.07. The summed E-state index contributed by atoms with van der Waals surface area (Å²) in [5.74, 6) is 1.22. The summed E-state index contributed by atoms with van der Waals surface area (Å²) in [4.78, 5) is 12.5. The predicted molar refractivity (Wildman–Crippen MR) is 107 cm³/mol. The molecule has 0 unspecified atom stereocenters. The second-order valence-corrected chi connectivity index (χ2v) is 6.94. The summed E-state index contributed by atoms with van der Waals surface area (Å²) in [5, 5.41) is 1.28. The van der Waals surface area contributed by atoms with Gasteiger partial charge in [-0.1, -0.05) is 47.5 Å². The highest BCUT2D eigenvalue weighted by Crippen LogP contribution is 2.35. The number of rotatable bonds is 4. The van der Waals surface area contributed by atoms with Crippen LogP contribution < -0.4 is 9.47 Å². The molecule has 4 rings (SSSR count). The Morgan fingerprint density at radius 3 is 2.52 bits per heavy atom. The first-order valence-electron chi connectivity index (χ1n) is 8.29. The zero-order valence-electron chi connectivity index (χ0n) is 14.1. The Labute approximate surface area is 166 Å². The van der Waals surface area contributed by atoms with Crippen LogP contribution in [0.1, 0.15) is 21.5 Å². The molecule has 1 heterocycles. The van der Waals surface area contributed by atoms with Crippen LogP contribution in [0.3, 0.4) is 0 Å². The van der Waals surface area contributed by atoms with E-state index in [0.717, 1.165) is 11.1 Å². The summed E-state index contributed by atoms with van der Waals surface area (Å²) in [6.45, 7) is 0.398. The minimum atomic E-state index is -0.158. The number of hydrogen-bond donors (Lipinski definition) is 0. The molecule has 0 atom stereocenters. The molecule has 0 aliphatic carbocycles. The van der Waals surface area contributed by atoms with Gasteiger partial charge in [-0.15, -0.1) is 0 Å². The summed E-state index contributed by atoms with van der Waals surface area (Å²) < 4.78 is 11.5. The molecular formula is C22H14Cl2O3. The van der Waals surface area contributed by atoms with Gasteiger partial charge in [-0.2, -0.15) is 0 Å². The van der Waals surface area contributed by atoms with Crippen molar-refractivity contribution in [3.63, 3.8) is 0 Å². The van der Waals surface area contributed by atoms with Crippen LogP contribution in [-0.2, 0) is 6.61 Å². The topological polar surface area (TPSA) is 35.5 Å². The number of Topliss-reactive ketones (excluding diaryl/α,β-unsaturated/α-hetero) is 1. The van der Waals surface area contributed by atoms with Crippen molar-refractivity contribution in [3.05, 3.63) is 99.2 Å². The summed E-state index contributed by atoms with van der Waals surface area (Å²) >= 11 is 11.9. The number of carbonyl (C=O) groups is 1. The first-order valence-corrected chi connectivity index (χ1v) is 9.05. The summed E-state index contributed by atoms with van der Waals surface area (Å²) in [6.07, 6.45) is 1.68. The fraction of sp³-hybridized carbons (Fsp3) is 0.0455. The molecule has 3 nitrogen and oxygen atoms in total. The first kappa shape index (κ1) is 17.7. The van der Waals surface area contributed by atoms with Gasteiger partial charge in [-0.3, -0.25) is 4.79 Å². The lowest BCUT2D eigenvalue weighted by Gasteiger charge is -2.07. The van der Waals surface area contributed by atoms with Crippen LogP contribution in [0.2, 0.25) is 10.0 Å². The molecular weight excluding hydrogens is 383 g/mol. The third-order valence-electron chi connectivity index (χ3n) is 4.11. The van der Waals surface area contributed by atoms with E-state index in [1.165, 1.54) is 0 Å². The van der Waals surface area contributed by atoms with Gasteiger partial charge in [0.05, 0.1) is 5.56 Å². The van der Waals surface area contributed by atoms with Gasteiger partial charge < -0.3 is 9.47 Å². The van der Waals surface area contributed by atoms with Crippen molar-refractivity contribution in [2.45, 2.75) is 6.61 Å². The number of hydrogen-bond acceptors (Lipinski definition) is 3. The van der Waals surface area contributed by atoms with Crippen molar-refractivity contribution in [1.82, 2.24) is 0 Å². The Balaban J connectivity index is 1.51. The van der Waals surface area contributed by atoms with Crippen LogP contribution in [0.15, 0.2) is 72.5 Å². The van der Waals surface area contributed by atoms with E-state index in [1.807, 2.05) is 36.4 Å². The molecule has 0 saturated heterocycles. The summed E-state index contributed by atoms with van der Waals surface area (Å²) in [5.41, 5.74) is 2.32. The molecule has 1 aliphatic heterocycles. The largest absolute Gasteiger partial charge is 0.489 e. The highest BCUT2D eigenvalue weighted by Gasteiger charge is 2.27.